The van der Waals surface area contributed by atoms with Gasteiger partial charge in [-0.3, -0.25) is 4.79 Å². The molecule has 0 aromatic heterocycles. The van der Waals surface area contributed by atoms with Gasteiger partial charge in [-0.2, -0.15) is 0 Å². The van der Waals surface area contributed by atoms with Gasteiger partial charge in [0.1, 0.15) is 11.6 Å². The van der Waals surface area contributed by atoms with Gasteiger partial charge in [-0.15, -0.1) is 0 Å². The number of halogens is 1. The summed E-state index contributed by atoms with van der Waals surface area (Å²) >= 11 is 0. The third kappa shape index (κ3) is 3.59. The minimum Gasteiger partial charge on any atom is -0.465 e. The van der Waals surface area contributed by atoms with E-state index in [1.54, 1.807) is 6.07 Å². The molecule has 2 aliphatic rings. The van der Waals surface area contributed by atoms with Crippen LogP contribution in [0.1, 0.15) is 57.3 Å². The van der Waals surface area contributed by atoms with Crippen LogP contribution in [0.4, 0.5) is 4.39 Å². The second-order valence-electron chi connectivity index (χ2n) is 7.53. The Kier molecular flexibility index (Phi) is 4.92. The zero-order valence-corrected chi connectivity index (χ0v) is 15.1. The maximum atomic E-state index is 14.4. The largest absolute Gasteiger partial charge is 0.495 e. The van der Waals surface area contributed by atoms with E-state index >= 15 is 0 Å². The molecule has 5 nitrogen and oxygen atoms in total. The van der Waals surface area contributed by atoms with Crippen LogP contribution in [0.3, 0.4) is 0 Å². The van der Waals surface area contributed by atoms with Crippen molar-refractivity contribution < 1.29 is 28.0 Å². The maximum Gasteiger partial charge on any atom is 0.495 e. The molecule has 0 bridgehead atoms. The van der Waals surface area contributed by atoms with Crippen LogP contribution in [0.5, 0.6) is 5.75 Å². The highest BCUT2D eigenvalue weighted by Gasteiger charge is 2.52. The molecular formula is C18H24BFO5. The smallest absolute Gasteiger partial charge is 0.465 e. The van der Waals surface area contributed by atoms with Gasteiger partial charge >= 0.3 is 7.12 Å². The van der Waals surface area contributed by atoms with Crippen molar-refractivity contribution >= 4 is 18.9 Å². The molecule has 0 spiro atoms. The molecular weight excluding hydrogens is 326 g/mol. The van der Waals surface area contributed by atoms with E-state index in [1.165, 1.54) is 6.07 Å². The van der Waals surface area contributed by atoms with Crippen LogP contribution >= 0.6 is 0 Å². The predicted molar refractivity (Wildman–Crippen MR) is 91.7 cm³/mol. The third-order valence-electron chi connectivity index (χ3n) is 5.17. The van der Waals surface area contributed by atoms with E-state index in [0.29, 0.717) is 24.1 Å². The fourth-order valence-corrected chi connectivity index (χ4v) is 2.93. The SMILES string of the molecule is CC1(C)OB(c2cc(OC3CCCCO3)cc(F)c2C=O)OC1(C)C. The molecule has 0 radical (unpaired) electrons. The Labute approximate surface area is 147 Å². The summed E-state index contributed by atoms with van der Waals surface area (Å²) in [5, 5.41) is 0. The summed E-state index contributed by atoms with van der Waals surface area (Å²) in [5.41, 5.74) is -0.912. The lowest BCUT2D eigenvalue weighted by atomic mass is 9.76. The van der Waals surface area contributed by atoms with Gasteiger partial charge < -0.3 is 18.8 Å². The van der Waals surface area contributed by atoms with Crippen molar-refractivity contribution in [2.24, 2.45) is 0 Å². The maximum absolute atomic E-state index is 14.4. The van der Waals surface area contributed by atoms with E-state index in [0.717, 1.165) is 19.3 Å². The Morgan fingerprint density at radius 1 is 1.20 bits per heavy atom. The molecule has 0 N–H and O–H groups in total. The Morgan fingerprint density at radius 3 is 2.44 bits per heavy atom. The topological polar surface area (TPSA) is 54.0 Å². The fraction of sp³-hybridized carbons (Fsp3) is 0.611. The van der Waals surface area contributed by atoms with E-state index < -0.39 is 30.4 Å². The monoisotopic (exact) mass is 350 g/mol. The second kappa shape index (κ2) is 6.70. The summed E-state index contributed by atoms with van der Waals surface area (Å²) in [5.74, 6) is -0.354. The van der Waals surface area contributed by atoms with Crippen LogP contribution in [-0.2, 0) is 14.0 Å². The zero-order valence-electron chi connectivity index (χ0n) is 15.1. The summed E-state index contributed by atoms with van der Waals surface area (Å²) < 4.78 is 37.6. The average molecular weight is 350 g/mol. The predicted octanol–water partition coefficient (Wildman–Crippen LogP) is 2.84. The van der Waals surface area contributed by atoms with E-state index in [4.69, 9.17) is 18.8 Å². The molecule has 25 heavy (non-hydrogen) atoms. The van der Waals surface area contributed by atoms with Crippen LogP contribution in [0.2, 0.25) is 0 Å². The van der Waals surface area contributed by atoms with Gasteiger partial charge in [0, 0.05) is 12.5 Å². The summed E-state index contributed by atoms with van der Waals surface area (Å²) in [6.07, 6.45) is 2.84. The Hall–Kier alpha value is -1.44. The molecule has 2 saturated heterocycles. The Balaban J connectivity index is 1.91. The first-order valence-corrected chi connectivity index (χ1v) is 8.66. The summed E-state index contributed by atoms with van der Waals surface area (Å²) in [7, 11) is -0.837. The minimum atomic E-state index is -0.837. The van der Waals surface area contributed by atoms with Crippen molar-refractivity contribution in [1.29, 1.82) is 0 Å². The second-order valence-corrected chi connectivity index (χ2v) is 7.53. The van der Waals surface area contributed by atoms with Crippen molar-refractivity contribution in [3.63, 3.8) is 0 Å². The van der Waals surface area contributed by atoms with E-state index in [2.05, 4.69) is 0 Å². The fourth-order valence-electron chi connectivity index (χ4n) is 2.93. The number of rotatable bonds is 4. The molecule has 0 amide bonds. The standard InChI is InChI=1S/C18H24BFO5/c1-17(2)18(3,4)25-19(24-17)14-9-12(10-15(20)13(14)11-21)23-16-7-5-6-8-22-16/h9-11,16H,5-8H2,1-4H3. The lowest BCUT2D eigenvalue weighted by molar-refractivity contribution is -0.105. The van der Waals surface area contributed by atoms with E-state index in [1.807, 2.05) is 27.7 Å². The molecule has 1 atom stereocenters. The molecule has 0 aliphatic carbocycles. The minimum absolute atomic E-state index is 0.0737. The van der Waals surface area contributed by atoms with Crippen LogP contribution in [0, 0.1) is 5.82 Å². The Morgan fingerprint density at radius 2 is 1.88 bits per heavy atom. The number of aldehydes is 1. The third-order valence-corrected chi connectivity index (χ3v) is 5.17. The average Bonchev–Trinajstić information content (AvgIpc) is 2.76. The van der Waals surface area contributed by atoms with Crippen molar-refractivity contribution in [3.05, 3.63) is 23.5 Å². The first-order valence-electron chi connectivity index (χ1n) is 8.66. The Bertz CT molecular complexity index is 639. The first kappa shape index (κ1) is 18.4. The molecule has 3 rings (SSSR count). The van der Waals surface area contributed by atoms with E-state index in [-0.39, 0.29) is 5.56 Å². The molecule has 1 aromatic rings. The molecule has 2 fully saturated rings. The van der Waals surface area contributed by atoms with Crippen LogP contribution in [0.25, 0.3) is 0 Å². The highest BCUT2D eigenvalue weighted by Crippen LogP contribution is 2.37. The van der Waals surface area contributed by atoms with Gasteiger partial charge in [-0.1, -0.05) is 0 Å². The highest BCUT2D eigenvalue weighted by atomic mass is 19.1. The molecule has 7 heteroatoms. The van der Waals surface area contributed by atoms with Gasteiger partial charge in [-0.05, 0) is 52.1 Å². The van der Waals surface area contributed by atoms with Gasteiger partial charge in [-0.25, -0.2) is 4.39 Å². The number of hydrogen-bond donors (Lipinski definition) is 0. The quantitative estimate of drug-likeness (QED) is 0.617. The van der Waals surface area contributed by atoms with Gasteiger partial charge in [0.05, 0.1) is 23.4 Å². The molecule has 2 heterocycles. The van der Waals surface area contributed by atoms with Crippen molar-refractivity contribution in [2.45, 2.75) is 64.4 Å². The highest BCUT2D eigenvalue weighted by molar-refractivity contribution is 6.63. The van der Waals surface area contributed by atoms with Crippen LogP contribution in [0.15, 0.2) is 12.1 Å². The van der Waals surface area contributed by atoms with Crippen molar-refractivity contribution in [2.75, 3.05) is 6.61 Å². The normalized spacial score (nSPS) is 25.0. The first-order chi connectivity index (χ1) is 11.7. The number of benzene rings is 1. The lowest BCUT2D eigenvalue weighted by Crippen LogP contribution is -2.41. The molecule has 136 valence electrons. The molecule has 2 aliphatic heterocycles. The van der Waals surface area contributed by atoms with E-state index in [9.17, 15) is 9.18 Å². The summed E-state index contributed by atoms with van der Waals surface area (Å²) in [6, 6.07) is 2.81. The van der Waals surface area contributed by atoms with Gasteiger partial charge in [0.25, 0.3) is 0 Å². The number of carbonyl (C=O) groups excluding carboxylic acids is 1. The number of carbonyl (C=O) groups is 1. The van der Waals surface area contributed by atoms with Crippen molar-refractivity contribution in [1.82, 2.24) is 0 Å². The summed E-state index contributed by atoms with van der Waals surface area (Å²) in [6.45, 7) is 8.24. The number of hydrogen-bond acceptors (Lipinski definition) is 5. The van der Waals surface area contributed by atoms with Crippen LogP contribution < -0.4 is 10.2 Å². The number of ether oxygens (including phenoxy) is 2. The summed E-state index contributed by atoms with van der Waals surface area (Å²) in [4.78, 5) is 11.4. The molecule has 0 saturated carbocycles. The van der Waals surface area contributed by atoms with Crippen LogP contribution in [-0.4, -0.2) is 37.5 Å². The molecule has 1 unspecified atom stereocenters. The zero-order chi connectivity index (χ0) is 18.2. The van der Waals surface area contributed by atoms with Gasteiger partial charge in [0.2, 0.25) is 0 Å². The van der Waals surface area contributed by atoms with Crippen molar-refractivity contribution in [3.8, 4) is 5.75 Å². The molecule has 1 aromatic carbocycles. The lowest BCUT2D eigenvalue weighted by Gasteiger charge is -2.32. The van der Waals surface area contributed by atoms with Gasteiger partial charge in [0.15, 0.2) is 12.6 Å².